The Morgan fingerprint density at radius 2 is 1.90 bits per heavy atom. The molecular weight excluding hydrogens is 294 g/mol. The molecule has 0 amide bonds. The number of nitrogens with one attached hydrogen (secondary N) is 1. The fourth-order valence-corrected chi connectivity index (χ4v) is 2.06. The molecule has 0 saturated heterocycles. The highest BCUT2D eigenvalue weighted by Gasteiger charge is 2.29. The van der Waals surface area contributed by atoms with Gasteiger partial charge in [0.25, 0.3) is 5.92 Å². The molecule has 0 aliphatic heterocycles. The van der Waals surface area contributed by atoms with E-state index in [9.17, 15) is 17.2 Å². The van der Waals surface area contributed by atoms with Crippen molar-refractivity contribution >= 4 is 15.7 Å². The van der Waals surface area contributed by atoms with Gasteiger partial charge in [-0.1, -0.05) is 0 Å². The van der Waals surface area contributed by atoms with Crippen molar-refractivity contribution in [2.24, 2.45) is 0 Å². The van der Waals surface area contributed by atoms with Crippen LogP contribution < -0.4 is 15.2 Å². The number of alkyl halides is 2. The molecule has 0 aromatic heterocycles. The number of nitrogens with two attached hydrogens (primary N) is 1. The molecule has 114 valence electrons. The molecule has 0 atom stereocenters. The number of benzene rings is 1. The fourth-order valence-electron chi connectivity index (χ4n) is 1.18. The van der Waals surface area contributed by atoms with Crippen LogP contribution in [0.1, 0.15) is 0 Å². The molecule has 0 bridgehead atoms. The smallest absolute Gasteiger partial charge is 0.283 e. The Kier molecular flexibility index (Phi) is 5.66. The zero-order valence-electron chi connectivity index (χ0n) is 10.6. The lowest BCUT2D eigenvalue weighted by molar-refractivity contribution is -0.0437. The zero-order valence-corrected chi connectivity index (χ0v) is 11.4. The Morgan fingerprint density at radius 1 is 1.30 bits per heavy atom. The van der Waals surface area contributed by atoms with Gasteiger partial charge in [-0.2, -0.15) is 0 Å². The van der Waals surface area contributed by atoms with E-state index >= 15 is 0 Å². The van der Waals surface area contributed by atoms with E-state index in [4.69, 9.17) is 15.6 Å². The summed E-state index contributed by atoms with van der Waals surface area (Å²) in [4.78, 5) is 0. The van der Waals surface area contributed by atoms with Crippen molar-refractivity contribution < 1.29 is 27.0 Å². The average molecular weight is 310 g/mol. The summed E-state index contributed by atoms with van der Waals surface area (Å²) in [5.41, 5.74) is 6.00. The van der Waals surface area contributed by atoms with Gasteiger partial charge in [-0.05, 0) is 24.3 Å². The third-order valence-electron chi connectivity index (χ3n) is 2.28. The molecule has 20 heavy (non-hydrogen) atoms. The topological polar surface area (TPSA) is 102 Å². The van der Waals surface area contributed by atoms with Gasteiger partial charge in [0, 0.05) is 5.69 Å². The Bertz CT molecular complexity index is 520. The molecule has 0 saturated carbocycles. The van der Waals surface area contributed by atoms with Crippen molar-refractivity contribution in [3.63, 3.8) is 0 Å². The van der Waals surface area contributed by atoms with Crippen LogP contribution in [0.3, 0.4) is 0 Å². The summed E-state index contributed by atoms with van der Waals surface area (Å²) in [5.74, 6) is -3.53. The number of nitrogen functional groups attached to an aromatic ring is 1. The van der Waals surface area contributed by atoms with Gasteiger partial charge in [-0.25, -0.2) is 21.9 Å². The summed E-state index contributed by atoms with van der Waals surface area (Å²) in [7, 11) is -3.89. The van der Waals surface area contributed by atoms with Crippen molar-refractivity contribution in [2.75, 3.05) is 31.2 Å². The quantitative estimate of drug-likeness (QED) is 0.595. The fraction of sp³-hybridized carbons (Fsp3) is 0.455. The third-order valence-corrected chi connectivity index (χ3v) is 3.57. The van der Waals surface area contributed by atoms with Crippen LogP contribution in [0.15, 0.2) is 24.3 Å². The van der Waals surface area contributed by atoms with Crippen LogP contribution in [-0.4, -0.2) is 45.0 Å². The highest BCUT2D eigenvalue weighted by atomic mass is 32.2. The minimum Gasteiger partial charge on any atom is -0.492 e. The van der Waals surface area contributed by atoms with E-state index < -0.39 is 34.9 Å². The molecule has 0 aliphatic carbocycles. The van der Waals surface area contributed by atoms with Gasteiger partial charge < -0.3 is 15.6 Å². The van der Waals surface area contributed by atoms with Gasteiger partial charge in [-0.3, -0.25) is 0 Å². The number of sulfonamides is 1. The molecule has 1 rings (SSSR count). The van der Waals surface area contributed by atoms with Crippen molar-refractivity contribution in [1.29, 1.82) is 0 Å². The number of aliphatic hydroxyl groups excluding tert-OH is 1. The van der Waals surface area contributed by atoms with E-state index in [1.807, 2.05) is 0 Å². The molecule has 0 spiro atoms. The average Bonchev–Trinajstić information content (AvgIpc) is 2.39. The number of ether oxygens (including phenoxy) is 1. The molecule has 0 unspecified atom stereocenters. The van der Waals surface area contributed by atoms with Crippen molar-refractivity contribution in [3.8, 4) is 5.75 Å². The molecule has 4 N–H and O–H groups in total. The lowest BCUT2D eigenvalue weighted by Crippen LogP contribution is -2.40. The van der Waals surface area contributed by atoms with Crippen LogP contribution in [0.4, 0.5) is 14.5 Å². The van der Waals surface area contributed by atoms with Gasteiger partial charge in [0.1, 0.15) is 19.0 Å². The van der Waals surface area contributed by atoms with E-state index in [2.05, 4.69) is 0 Å². The van der Waals surface area contributed by atoms with Crippen LogP contribution in [0.2, 0.25) is 0 Å². The van der Waals surface area contributed by atoms with E-state index in [1.54, 1.807) is 29.0 Å². The summed E-state index contributed by atoms with van der Waals surface area (Å²) in [6, 6.07) is 6.30. The first-order valence-electron chi connectivity index (χ1n) is 5.68. The largest absolute Gasteiger partial charge is 0.492 e. The van der Waals surface area contributed by atoms with E-state index in [0.717, 1.165) is 0 Å². The van der Waals surface area contributed by atoms with Crippen LogP contribution >= 0.6 is 0 Å². The molecule has 0 heterocycles. The Morgan fingerprint density at radius 3 is 2.45 bits per heavy atom. The van der Waals surface area contributed by atoms with Crippen molar-refractivity contribution in [2.45, 2.75) is 5.92 Å². The maximum absolute atomic E-state index is 12.7. The number of hydrogen-bond donors (Lipinski definition) is 3. The van der Waals surface area contributed by atoms with Gasteiger partial charge in [0.2, 0.25) is 10.0 Å². The Balaban J connectivity index is 2.38. The predicted octanol–water partition coefficient (Wildman–Crippen LogP) is 0.195. The maximum atomic E-state index is 12.7. The minimum absolute atomic E-state index is 0.191. The molecule has 1 aromatic carbocycles. The number of hydrogen-bond acceptors (Lipinski definition) is 5. The van der Waals surface area contributed by atoms with Crippen LogP contribution in [0.25, 0.3) is 0 Å². The highest BCUT2D eigenvalue weighted by molar-refractivity contribution is 7.89. The van der Waals surface area contributed by atoms with Gasteiger partial charge in [0.05, 0.1) is 12.3 Å². The van der Waals surface area contributed by atoms with Gasteiger partial charge in [0.15, 0.2) is 0 Å². The van der Waals surface area contributed by atoms with Gasteiger partial charge >= 0.3 is 0 Å². The summed E-state index contributed by atoms with van der Waals surface area (Å²) in [5, 5.41) is 8.32. The van der Waals surface area contributed by atoms with Crippen LogP contribution in [0.5, 0.6) is 5.75 Å². The van der Waals surface area contributed by atoms with Crippen LogP contribution in [0, 0.1) is 0 Å². The molecule has 0 radical (unpaired) electrons. The monoisotopic (exact) mass is 310 g/mol. The third kappa shape index (κ3) is 6.13. The van der Waals surface area contributed by atoms with E-state index in [0.29, 0.717) is 11.4 Å². The van der Waals surface area contributed by atoms with Crippen LogP contribution in [-0.2, 0) is 10.0 Å². The second-order valence-electron chi connectivity index (χ2n) is 4.07. The first kappa shape index (κ1) is 16.6. The first-order valence-corrected chi connectivity index (χ1v) is 7.34. The van der Waals surface area contributed by atoms with Crippen molar-refractivity contribution in [3.05, 3.63) is 24.3 Å². The van der Waals surface area contributed by atoms with Crippen molar-refractivity contribution in [1.82, 2.24) is 4.72 Å². The first-order chi connectivity index (χ1) is 9.24. The molecule has 0 fully saturated rings. The number of rotatable bonds is 8. The number of aliphatic hydroxyl groups is 1. The summed E-state index contributed by atoms with van der Waals surface area (Å²) in [6.07, 6.45) is 0. The maximum Gasteiger partial charge on any atom is 0.283 e. The molecule has 0 aliphatic rings. The normalized spacial score (nSPS) is 12.3. The molecule has 6 nitrogen and oxygen atoms in total. The molecule has 9 heteroatoms. The predicted molar refractivity (Wildman–Crippen MR) is 70.2 cm³/mol. The van der Waals surface area contributed by atoms with Gasteiger partial charge in [-0.15, -0.1) is 0 Å². The minimum atomic E-state index is -3.89. The SMILES string of the molecule is Nc1ccc(OCCS(=O)(=O)NCC(F)(F)CO)cc1. The molecular formula is C11H16F2N2O4S. The second-order valence-corrected chi connectivity index (χ2v) is 6.00. The summed E-state index contributed by atoms with van der Waals surface area (Å²) < 4.78 is 55.1. The lowest BCUT2D eigenvalue weighted by Gasteiger charge is -2.14. The Hall–Kier alpha value is -1.45. The van der Waals surface area contributed by atoms with E-state index in [1.165, 1.54) is 0 Å². The highest BCUT2D eigenvalue weighted by Crippen LogP contribution is 2.13. The number of halogens is 2. The second kappa shape index (κ2) is 6.82. The summed E-state index contributed by atoms with van der Waals surface area (Å²) in [6.45, 7) is -2.75. The molecule has 1 aromatic rings. The Labute approximate surface area is 115 Å². The standard InChI is InChI=1S/C11H16F2N2O4S/c12-11(13,8-16)7-15-20(17,18)6-5-19-10-3-1-9(14)2-4-10/h1-4,15-16H,5-8,14H2. The zero-order chi connectivity index (χ0) is 15.2. The lowest BCUT2D eigenvalue weighted by atomic mass is 10.3. The summed E-state index contributed by atoms with van der Waals surface area (Å²) >= 11 is 0. The van der Waals surface area contributed by atoms with E-state index in [-0.39, 0.29) is 6.61 Å². The number of anilines is 1.